The predicted octanol–water partition coefficient (Wildman–Crippen LogP) is 0.840. The van der Waals surface area contributed by atoms with E-state index >= 15 is 0 Å². The molecule has 5 N–H and O–H groups in total. The fourth-order valence-corrected chi connectivity index (χ4v) is 2.73. The SMILES string of the molecule is NC(=O)C1CCCN1C(=O)c1cc2cc(N)ccc2[nH]1. The van der Waals surface area contributed by atoms with E-state index in [1.54, 1.807) is 18.2 Å². The van der Waals surface area contributed by atoms with E-state index in [1.165, 1.54) is 4.90 Å². The van der Waals surface area contributed by atoms with Crippen LogP contribution >= 0.6 is 0 Å². The van der Waals surface area contributed by atoms with E-state index in [4.69, 9.17) is 11.5 Å². The number of aromatic amines is 1. The van der Waals surface area contributed by atoms with Crippen molar-refractivity contribution in [3.05, 3.63) is 30.0 Å². The lowest BCUT2D eigenvalue weighted by Crippen LogP contribution is -2.43. The molecule has 1 unspecified atom stereocenters. The van der Waals surface area contributed by atoms with Crippen LogP contribution < -0.4 is 11.5 Å². The molecule has 20 heavy (non-hydrogen) atoms. The molecule has 1 aliphatic rings. The Hall–Kier alpha value is -2.50. The van der Waals surface area contributed by atoms with Gasteiger partial charge in [0.25, 0.3) is 5.91 Å². The van der Waals surface area contributed by atoms with E-state index < -0.39 is 11.9 Å². The number of H-pyrrole nitrogens is 1. The number of aromatic nitrogens is 1. The number of fused-ring (bicyclic) bond motifs is 1. The van der Waals surface area contributed by atoms with Crippen LogP contribution in [0.15, 0.2) is 24.3 Å². The van der Waals surface area contributed by atoms with Crippen LogP contribution in [0.3, 0.4) is 0 Å². The average molecular weight is 272 g/mol. The number of primary amides is 1. The highest BCUT2D eigenvalue weighted by molar-refractivity contribution is 6.00. The van der Waals surface area contributed by atoms with E-state index in [9.17, 15) is 9.59 Å². The van der Waals surface area contributed by atoms with Crippen molar-refractivity contribution in [2.45, 2.75) is 18.9 Å². The maximum Gasteiger partial charge on any atom is 0.270 e. The quantitative estimate of drug-likeness (QED) is 0.705. The molecule has 0 saturated carbocycles. The van der Waals surface area contributed by atoms with Crippen LogP contribution in [0.1, 0.15) is 23.3 Å². The zero-order valence-corrected chi connectivity index (χ0v) is 10.9. The summed E-state index contributed by atoms with van der Waals surface area (Å²) in [4.78, 5) is 28.4. The van der Waals surface area contributed by atoms with Crippen molar-refractivity contribution in [1.29, 1.82) is 0 Å². The fraction of sp³-hybridized carbons (Fsp3) is 0.286. The Bertz CT molecular complexity index is 692. The Labute approximate surface area is 115 Å². The summed E-state index contributed by atoms with van der Waals surface area (Å²) in [6.45, 7) is 0.559. The number of anilines is 1. The maximum absolute atomic E-state index is 12.5. The standard InChI is InChI=1S/C14H16N4O2/c15-9-3-4-10-8(6-9)7-11(17-10)14(20)18-5-1-2-12(18)13(16)19/h3-4,6-7,12,17H,1-2,5,15H2,(H2,16,19). The number of nitrogen functional groups attached to an aromatic ring is 1. The summed E-state index contributed by atoms with van der Waals surface area (Å²) in [5.41, 5.74) is 13.0. The van der Waals surface area contributed by atoms with Gasteiger partial charge in [0.2, 0.25) is 5.91 Å². The number of nitrogens with one attached hydrogen (secondary N) is 1. The number of hydrogen-bond acceptors (Lipinski definition) is 3. The molecule has 1 fully saturated rings. The van der Waals surface area contributed by atoms with E-state index in [2.05, 4.69) is 4.98 Å². The Morgan fingerprint density at radius 1 is 1.30 bits per heavy atom. The van der Waals surface area contributed by atoms with Gasteiger partial charge in [0.05, 0.1) is 0 Å². The van der Waals surface area contributed by atoms with Gasteiger partial charge in [-0.15, -0.1) is 0 Å². The minimum atomic E-state index is -0.501. The smallest absolute Gasteiger partial charge is 0.270 e. The first-order valence-electron chi connectivity index (χ1n) is 6.55. The molecule has 0 aliphatic carbocycles. The molecule has 2 amide bonds. The fourth-order valence-electron chi connectivity index (χ4n) is 2.73. The van der Waals surface area contributed by atoms with Crippen LogP contribution in [-0.4, -0.2) is 34.3 Å². The van der Waals surface area contributed by atoms with Gasteiger partial charge in [-0.3, -0.25) is 9.59 Å². The van der Waals surface area contributed by atoms with Crippen molar-refractivity contribution < 1.29 is 9.59 Å². The Balaban J connectivity index is 1.94. The maximum atomic E-state index is 12.5. The van der Waals surface area contributed by atoms with Gasteiger partial charge in [-0.1, -0.05) is 0 Å². The summed E-state index contributed by atoms with van der Waals surface area (Å²) >= 11 is 0. The summed E-state index contributed by atoms with van der Waals surface area (Å²) in [5.74, 6) is -0.641. The van der Waals surface area contributed by atoms with E-state index in [0.717, 1.165) is 17.3 Å². The molecule has 0 radical (unpaired) electrons. The summed E-state index contributed by atoms with van der Waals surface area (Å²) < 4.78 is 0. The molecule has 1 aliphatic heterocycles. The van der Waals surface area contributed by atoms with Crippen LogP contribution in [0.4, 0.5) is 5.69 Å². The number of rotatable bonds is 2. The first-order valence-corrected chi connectivity index (χ1v) is 6.55. The van der Waals surface area contributed by atoms with Gasteiger partial charge in [-0.05, 0) is 37.1 Å². The lowest BCUT2D eigenvalue weighted by atomic mass is 10.2. The lowest BCUT2D eigenvalue weighted by molar-refractivity contribution is -0.121. The molecular formula is C14H16N4O2. The number of nitrogens with two attached hydrogens (primary N) is 2. The largest absolute Gasteiger partial charge is 0.399 e. The van der Waals surface area contributed by atoms with Crippen LogP contribution in [-0.2, 0) is 4.79 Å². The Kier molecular flexibility index (Phi) is 2.85. The minimum Gasteiger partial charge on any atom is -0.399 e. The topological polar surface area (TPSA) is 105 Å². The molecular weight excluding hydrogens is 256 g/mol. The van der Waals surface area contributed by atoms with Crippen LogP contribution in [0.5, 0.6) is 0 Å². The highest BCUT2D eigenvalue weighted by Gasteiger charge is 2.33. The van der Waals surface area contributed by atoms with Crippen molar-refractivity contribution in [3.8, 4) is 0 Å². The first kappa shape index (κ1) is 12.5. The van der Waals surface area contributed by atoms with Gasteiger partial charge < -0.3 is 21.4 Å². The zero-order chi connectivity index (χ0) is 14.3. The molecule has 0 bridgehead atoms. The van der Waals surface area contributed by atoms with Gasteiger partial charge in [-0.2, -0.15) is 0 Å². The molecule has 0 spiro atoms. The van der Waals surface area contributed by atoms with Crippen LogP contribution in [0, 0.1) is 0 Å². The van der Waals surface area contributed by atoms with Gasteiger partial charge >= 0.3 is 0 Å². The van der Waals surface area contributed by atoms with E-state index in [-0.39, 0.29) is 5.91 Å². The molecule has 2 heterocycles. The number of carbonyl (C=O) groups is 2. The zero-order valence-electron chi connectivity index (χ0n) is 10.9. The van der Waals surface area contributed by atoms with Crippen molar-refractivity contribution in [1.82, 2.24) is 9.88 Å². The second-order valence-corrected chi connectivity index (χ2v) is 5.09. The lowest BCUT2D eigenvalue weighted by Gasteiger charge is -2.21. The van der Waals surface area contributed by atoms with Crippen molar-refractivity contribution in [3.63, 3.8) is 0 Å². The molecule has 6 heteroatoms. The molecule has 1 atom stereocenters. The summed E-state index contributed by atoms with van der Waals surface area (Å²) in [6, 6.07) is 6.66. The molecule has 6 nitrogen and oxygen atoms in total. The summed E-state index contributed by atoms with van der Waals surface area (Å²) in [5, 5.41) is 0.878. The second kappa shape index (κ2) is 4.56. The third-order valence-electron chi connectivity index (χ3n) is 3.72. The van der Waals surface area contributed by atoms with Gasteiger partial charge in [-0.25, -0.2) is 0 Å². The van der Waals surface area contributed by atoms with Gasteiger partial charge in [0, 0.05) is 23.1 Å². The Morgan fingerprint density at radius 2 is 2.10 bits per heavy atom. The number of carbonyl (C=O) groups excluding carboxylic acids is 2. The highest BCUT2D eigenvalue weighted by atomic mass is 16.2. The predicted molar refractivity (Wildman–Crippen MR) is 76.0 cm³/mol. The van der Waals surface area contributed by atoms with Crippen LogP contribution in [0.2, 0.25) is 0 Å². The summed E-state index contributed by atoms with van der Waals surface area (Å²) in [7, 11) is 0. The number of likely N-dealkylation sites (tertiary alicyclic amines) is 1. The number of nitrogens with zero attached hydrogens (tertiary/aromatic N) is 1. The molecule has 3 rings (SSSR count). The van der Waals surface area contributed by atoms with Crippen molar-refractivity contribution in [2.24, 2.45) is 5.73 Å². The van der Waals surface area contributed by atoms with E-state index in [0.29, 0.717) is 24.3 Å². The third-order valence-corrected chi connectivity index (χ3v) is 3.72. The Morgan fingerprint density at radius 3 is 2.85 bits per heavy atom. The van der Waals surface area contributed by atoms with Crippen LogP contribution in [0.25, 0.3) is 10.9 Å². The van der Waals surface area contributed by atoms with Gasteiger partial charge in [0.1, 0.15) is 11.7 Å². The van der Waals surface area contributed by atoms with Gasteiger partial charge in [0.15, 0.2) is 0 Å². The number of benzene rings is 1. The first-order chi connectivity index (χ1) is 9.56. The second-order valence-electron chi connectivity index (χ2n) is 5.09. The molecule has 1 saturated heterocycles. The third kappa shape index (κ3) is 1.99. The van der Waals surface area contributed by atoms with Crippen molar-refractivity contribution in [2.75, 3.05) is 12.3 Å². The van der Waals surface area contributed by atoms with E-state index in [1.807, 2.05) is 6.07 Å². The monoisotopic (exact) mass is 272 g/mol. The normalized spacial score (nSPS) is 18.6. The molecule has 1 aromatic carbocycles. The summed E-state index contributed by atoms with van der Waals surface area (Å²) in [6.07, 6.45) is 1.43. The minimum absolute atomic E-state index is 0.193. The number of amides is 2. The highest BCUT2D eigenvalue weighted by Crippen LogP contribution is 2.23. The number of hydrogen-bond donors (Lipinski definition) is 3. The molecule has 104 valence electrons. The average Bonchev–Trinajstić information content (AvgIpc) is 3.03. The molecule has 1 aromatic heterocycles. The van der Waals surface area contributed by atoms with Crippen molar-refractivity contribution >= 4 is 28.4 Å². The molecule has 2 aromatic rings.